The van der Waals surface area contributed by atoms with Gasteiger partial charge >= 0.3 is 0 Å². The molecule has 0 aliphatic carbocycles. The average Bonchev–Trinajstić information content (AvgIpc) is 3.78. The van der Waals surface area contributed by atoms with Gasteiger partial charge in [0.05, 0.1) is 28.6 Å². The normalized spacial score (nSPS) is 11.9. The summed E-state index contributed by atoms with van der Waals surface area (Å²) in [6, 6.07) is 28.6. The van der Waals surface area contributed by atoms with Crippen LogP contribution in [-0.4, -0.2) is 41.3 Å². The van der Waals surface area contributed by atoms with E-state index >= 15 is 0 Å². The third kappa shape index (κ3) is 6.45. The van der Waals surface area contributed by atoms with Gasteiger partial charge in [-0.2, -0.15) is 10.2 Å². The van der Waals surface area contributed by atoms with E-state index in [2.05, 4.69) is 25.5 Å². The number of nitrogens with one attached hydrogen (secondary N) is 1. The van der Waals surface area contributed by atoms with Gasteiger partial charge in [0.25, 0.3) is 5.91 Å². The number of halogens is 2. The summed E-state index contributed by atoms with van der Waals surface area (Å²) in [6.07, 6.45) is 5.42. The zero-order chi connectivity index (χ0) is 37.5. The van der Waals surface area contributed by atoms with Gasteiger partial charge in [-0.1, -0.05) is 30.3 Å². The number of hydrogen-bond acceptors (Lipinski definition) is 6. The molecule has 1 unspecified atom stereocenters. The highest BCUT2D eigenvalue weighted by molar-refractivity contribution is 5.92. The van der Waals surface area contributed by atoms with Crippen LogP contribution in [0.5, 0.6) is 0 Å². The molecule has 0 aliphatic rings. The van der Waals surface area contributed by atoms with Crippen molar-refractivity contribution in [3.05, 3.63) is 145 Å². The van der Waals surface area contributed by atoms with Gasteiger partial charge in [-0.15, -0.1) is 0 Å². The van der Waals surface area contributed by atoms with Gasteiger partial charge in [0.15, 0.2) is 0 Å². The topological polar surface area (TPSA) is 134 Å². The largest absolute Gasteiger partial charge is 0.366 e. The van der Waals surface area contributed by atoms with Gasteiger partial charge in [-0.05, 0) is 103 Å². The Morgan fingerprint density at radius 3 is 1.94 bits per heavy atom. The predicted molar refractivity (Wildman–Crippen MR) is 203 cm³/mol. The van der Waals surface area contributed by atoms with E-state index in [0.29, 0.717) is 33.5 Å². The lowest BCUT2D eigenvalue weighted by Crippen LogP contribution is -2.42. The van der Waals surface area contributed by atoms with Gasteiger partial charge < -0.3 is 11.1 Å². The van der Waals surface area contributed by atoms with Crippen LogP contribution in [0.3, 0.4) is 0 Å². The second-order valence-electron chi connectivity index (χ2n) is 13.1. The lowest BCUT2D eigenvalue weighted by molar-refractivity contribution is -0.130. The first-order valence-electron chi connectivity index (χ1n) is 17.1. The van der Waals surface area contributed by atoms with Crippen molar-refractivity contribution < 1.29 is 18.4 Å². The van der Waals surface area contributed by atoms with E-state index in [-0.39, 0.29) is 18.2 Å². The maximum absolute atomic E-state index is 14.1. The Labute approximate surface area is 307 Å². The Balaban J connectivity index is 1.05. The van der Waals surface area contributed by atoms with Crippen LogP contribution in [0.15, 0.2) is 122 Å². The zero-order valence-corrected chi connectivity index (χ0v) is 29.2. The van der Waals surface area contributed by atoms with Crippen LogP contribution >= 0.6 is 0 Å². The molecule has 0 aliphatic heterocycles. The van der Waals surface area contributed by atoms with E-state index in [0.717, 1.165) is 44.2 Å². The van der Waals surface area contributed by atoms with E-state index in [1.54, 1.807) is 62.9 Å². The monoisotopic (exact) mass is 718 g/mol. The molecule has 0 bridgehead atoms. The molecule has 8 rings (SSSR count). The van der Waals surface area contributed by atoms with Crippen molar-refractivity contribution in [3.8, 4) is 44.8 Å². The minimum Gasteiger partial charge on any atom is -0.366 e. The fourth-order valence-corrected chi connectivity index (χ4v) is 6.66. The van der Waals surface area contributed by atoms with Crippen LogP contribution in [0, 0.1) is 25.5 Å². The van der Waals surface area contributed by atoms with Crippen LogP contribution in [0.2, 0.25) is 0 Å². The number of benzene rings is 4. The number of fused-ring (bicyclic) bond motifs is 2. The molecule has 8 aromatic rings. The molecule has 4 aromatic heterocycles. The summed E-state index contributed by atoms with van der Waals surface area (Å²) in [4.78, 5) is 35.4. The first-order valence-corrected chi connectivity index (χ1v) is 17.1. The maximum atomic E-state index is 14.1. The molecule has 4 heterocycles. The predicted octanol–water partition coefficient (Wildman–Crippen LogP) is 7.54. The third-order valence-electron chi connectivity index (χ3n) is 9.37. The molecule has 4 aromatic carbocycles. The quantitative estimate of drug-likeness (QED) is 0.159. The van der Waals surface area contributed by atoms with E-state index in [4.69, 9.17) is 5.73 Å². The Bertz CT molecular complexity index is 2760. The summed E-state index contributed by atoms with van der Waals surface area (Å²) in [5.74, 6) is -1.89. The molecule has 3 N–H and O–H groups in total. The van der Waals surface area contributed by atoms with E-state index in [1.807, 2.05) is 60.7 Å². The summed E-state index contributed by atoms with van der Waals surface area (Å²) < 4.78 is 31.0. The lowest BCUT2D eigenvalue weighted by Gasteiger charge is -2.17. The fraction of sp³-hybridized carbons (Fsp3) is 0.0952. The number of aromatic nitrogens is 6. The van der Waals surface area contributed by atoms with Crippen LogP contribution in [0.25, 0.3) is 66.6 Å². The molecule has 0 saturated carbocycles. The second kappa shape index (κ2) is 13.8. The van der Waals surface area contributed by atoms with Crippen LogP contribution in [-0.2, 0) is 16.1 Å². The first kappa shape index (κ1) is 34.0. The van der Waals surface area contributed by atoms with Crippen molar-refractivity contribution in [3.63, 3.8) is 0 Å². The number of hydrogen-bond donors (Lipinski definition) is 2. The minimum absolute atomic E-state index is 0.193. The molecular weight excluding hydrogens is 687 g/mol. The summed E-state index contributed by atoms with van der Waals surface area (Å²) >= 11 is 0. The highest BCUT2D eigenvalue weighted by Crippen LogP contribution is 2.34. The van der Waals surface area contributed by atoms with Gasteiger partial charge in [0, 0.05) is 51.6 Å². The molecule has 0 fully saturated rings. The lowest BCUT2D eigenvalue weighted by atomic mass is 9.97. The minimum atomic E-state index is -1.30. The second-order valence-corrected chi connectivity index (χ2v) is 13.1. The van der Waals surface area contributed by atoms with E-state index in [9.17, 15) is 18.4 Å². The van der Waals surface area contributed by atoms with Gasteiger partial charge in [0.2, 0.25) is 12.1 Å². The molecule has 54 heavy (non-hydrogen) atoms. The number of amides is 2. The third-order valence-corrected chi connectivity index (χ3v) is 9.37. The molecular formula is C42H32F2N8O2. The highest BCUT2D eigenvalue weighted by Gasteiger charge is 2.24. The molecule has 2 amide bonds. The number of nitrogens with two attached hydrogens (primary N) is 1. The number of rotatable bonds is 9. The van der Waals surface area contributed by atoms with Crippen molar-refractivity contribution in [2.45, 2.75) is 26.6 Å². The van der Waals surface area contributed by atoms with Crippen molar-refractivity contribution in [2.75, 3.05) is 0 Å². The SMILES string of the molecule is Cc1cc(-c2ncccc2-c2ccc3nn(CC(=O)NC(C(N)=O)n4ncc5ccc(-c6cccnc6-c6ccc(F)c(C)c6)cc54)cc3c2)ccc1F. The van der Waals surface area contributed by atoms with Crippen LogP contribution in [0.4, 0.5) is 8.78 Å². The Kier molecular flexibility index (Phi) is 8.70. The smallest absolute Gasteiger partial charge is 0.262 e. The molecule has 0 radical (unpaired) electrons. The molecule has 12 heteroatoms. The number of pyridine rings is 2. The van der Waals surface area contributed by atoms with Crippen LogP contribution in [0.1, 0.15) is 17.3 Å². The number of carbonyl (C=O) groups is 2. The zero-order valence-electron chi connectivity index (χ0n) is 29.2. The summed E-state index contributed by atoms with van der Waals surface area (Å²) in [7, 11) is 0. The maximum Gasteiger partial charge on any atom is 0.262 e. The van der Waals surface area contributed by atoms with Crippen molar-refractivity contribution >= 4 is 33.6 Å². The van der Waals surface area contributed by atoms with Gasteiger partial charge in [-0.3, -0.25) is 24.2 Å². The molecule has 0 spiro atoms. The number of aryl methyl sites for hydroxylation is 2. The van der Waals surface area contributed by atoms with Crippen molar-refractivity contribution in [1.82, 2.24) is 34.8 Å². The summed E-state index contributed by atoms with van der Waals surface area (Å²) in [6.45, 7) is 3.22. The standard InChI is InChI=1S/C42H32F2N8O2/c1-24-17-28(9-12-34(24)43)39-32(5-3-15-46-39)26-11-14-36-31(19-26)22-51(50-36)23-38(53)49-42(41(45)54)52-37-20-27(7-8-30(37)21-48-52)33-6-4-16-47-40(33)29-10-13-35(44)25(2)18-29/h3-22,42H,23H2,1-2H3,(H2,45,54)(H,49,53). The molecule has 10 nitrogen and oxygen atoms in total. The summed E-state index contributed by atoms with van der Waals surface area (Å²) in [5.41, 5.74) is 14.3. The van der Waals surface area contributed by atoms with Crippen molar-refractivity contribution in [1.29, 1.82) is 0 Å². The Morgan fingerprint density at radius 1 is 0.741 bits per heavy atom. The Hall–Kier alpha value is -7.08. The van der Waals surface area contributed by atoms with E-state index < -0.39 is 18.0 Å². The van der Waals surface area contributed by atoms with E-state index in [1.165, 1.54) is 21.5 Å². The molecule has 1 atom stereocenters. The number of carbonyl (C=O) groups excluding carboxylic acids is 2. The fourth-order valence-electron chi connectivity index (χ4n) is 6.66. The summed E-state index contributed by atoms with van der Waals surface area (Å²) in [5, 5.41) is 13.2. The number of primary amides is 1. The number of nitrogens with zero attached hydrogens (tertiary/aromatic N) is 6. The van der Waals surface area contributed by atoms with Gasteiger partial charge in [0.1, 0.15) is 18.2 Å². The molecule has 266 valence electrons. The average molecular weight is 719 g/mol. The van der Waals surface area contributed by atoms with Crippen LogP contribution < -0.4 is 11.1 Å². The molecule has 0 saturated heterocycles. The first-order chi connectivity index (χ1) is 26.1. The van der Waals surface area contributed by atoms with Crippen molar-refractivity contribution in [2.24, 2.45) is 5.73 Å². The highest BCUT2D eigenvalue weighted by atomic mass is 19.1. The van der Waals surface area contributed by atoms with Gasteiger partial charge in [-0.25, -0.2) is 13.5 Å². The Morgan fingerprint density at radius 2 is 1.33 bits per heavy atom.